The van der Waals surface area contributed by atoms with Gasteiger partial charge in [-0.25, -0.2) is 0 Å². The Balaban J connectivity index is 1.32. The van der Waals surface area contributed by atoms with Gasteiger partial charge in [-0.15, -0.1) is 0 Å². The smallest absolute Gasteiger partial charge is 0.0162 e. The molecule has 0 spiro atoms. The van der Waals surface area contributed by atoms with E-state index in [1.54, 1.807) is 65.2 Å². The van der Waals surface area contributed by atoms with Crippen LogP contribution in [0.15, 0.2) is 30.3 Å². The van der Waals surface area contributed by atoms with Crippen molar-refractivity contribution < 1.29 is 64.2 Å². The minimum atomic E-state index is -1.19. The van der Waals surface area contributed by atoms with E-state index in [1.807, 2.05) is 13.8 Å². The number of Topliss-reactive ketones (excluding diaryl/α,β-unsaturated/α-hetero) is 1. The molecule has 5 rings (SSSR count). The van der Waals surface area contributed by atoms with Crippen molar-refractivity contribution >= 4 is 41.4 Å². The van der Waals surface area contributed by atoms with E-state index in [1.165, 1.54) is 9.80 Å². The molecule has 0 radical (unpaired) electrons. The van der Waals surface area contributed by atoms with Crippen molar-refractivity contribution in [3.05, 3.63) is 35.9 Å². The summed E-state index contributed by atoms with van der Waals surface area (Å²) >= 11 is -0.651. The van der Waals surface area contributed by atoms with Gasteiger partial charge in [-0.05, 0) is 5.56 Å². The number of ether oxygens (including phenoxy) is 2. The van der Waals surface area contributed by atoms with Gasteiger partial charge in [0.1, 0.15) is 0 Å². The van der Waals surface area contributed by atoms with Gasteiger partial charge in [0.25, 0.3) is 0 Å². The molecule has 1 aromatic carbocycles. The SMILES string of the molecule is CN(C)C(=O)[C@@H](NC(=O)CNC(=O)C(=O)C(CC1CC1)NC(=O)[C@@H]1C2[I-]CC(C)(C)OC2CN1C(=O)[C@@H](NC(=O)OC(C)(C)C)C1CCCCC1)c1ccccc1. The minimum Gasteiger partial charge on any atom is -0.0622 e. The molecule has 1 aromatic rings. The normalized spacial score (nSPS) is 23.6. The second kappa shape index (κ2) is 18.9. The van der Waals surface area contributed by atoms with Crippen LogP contribution >= 0.6 is 0 Å². The molecule has 6 amide bonds. The molecule has 4 fully saturated rings. The Bertz CT molecular complexity index is 1660. The van der Waals surface area contributed by atoms with Crippen LogP contribution in [0.25, 0.3) is 0 Å². The predicted octanol–water partition coefficient (Wildman–Crippen LogP) is -0.778. The van der Waals surface area contributed by atoms with Crippen LogP contribution in [0.4, 0.5) is 4.79 Å². The number of carbonyl (C=O) groups is 7. The van der Waals surface area contributed by atoms with Gasteiger partial charge in [-0.1, -0.05) is 30.3 Å². The Morgan fingerprint density at radius 3 is 2.23 bits per heavy atom. The number of rotatable bonds is 14. The summed E-state index contributed by atoms with van der Waals surface area (Å²) in [6.45, 7) is 8.85. The zero-order chi connectivity index (χ0) is 41.7. The Hall–Kier alpha value is -3.80. The monoisotopic (exact) mass is 907 g/mol. The van der Waals surface area contributed by atoms with E-state index in [-0.39, 0.29) is 40.5 Å². The van der Waals surface area contributed by atoms with Crippen molar-refractivity contribution in [3.8, 4) is 0 Å². The van der Waals surface area contributed by atoms with Crippen molar-refractivity contribution in [1.29, 1.82) is 0 Å². The number of benzene rings is 1. The second-order valence-electron chi connectivity index (χ2n) is 17.5. The summed E-state index contributed by atoms with van der Waals surface area (Å²) in [7, 11) is 3.14. The minimum absolute atomic E-state index is 0.132. The van der Waals surface area contributed by atoms with Gasteiger partial charge in [0.15, 0.2) is 0 Å². The third-order valence-corrected chi connectivity index (χ3v) is 15.5. The van der Waals surface area contributed by atoms with Crippen LogP contribution in [0, 0.1) is 11.8 Å². The number of alkyl carbamates (subject to hydrolysis) is 1. The van der Waals surface area contributed by atoms with Gasteiger partial charge < -0.3 is 4.90 Å². The summed E-state index contributed by atoms with van der Waals surface area (Å²) < 4.78 is 12.5. The first kappa shape index (κ1) is 44.3. The molecule has 15 nitrogen and oxygen atoms in total. The molecule has 2 heterocycles. The molecule has 0 bridgehead atoms. The maximum absolute atomic E-state index is 14.7. The Morgan fingerprint density at radius 1 is 0.947 bits per heavy atom. The number of alkyl halides is 2. The van der Waals surface area contributed by atoms with E-state index < -0.39 is 98.8 Å². The molecule has 6 atom stereocenters. The number of likely N-dealkylation sites (tertiary alicyclic amines) is 1. The van der Waals surface area contributed by atoms with Crippen LogP contribution in [0.3, 0.4) is 0 Å². The number of carbonyl (C=O) groups excluding carboxylic acids is 7. The molecule has 2 saturated carbocycles. The van der Waals surface area contributed by atoms with Crippen LogP contribution in [0.5, 0.6) is 0 Å². The van der Waals surface area contributed by atoms with E-state index in [9.17, 15) is 33.6 Å². The van der Waals surface area contributed by atoms with Gasteiger partial charge in [0, 0.05) is 14.1 Å². The van der Waals surface area contributed by atoms with E-state index in [0.29, 0.717) is 5.56 Å². The van der Waals surface area contributed by atoms with E-state index >= 15 is 0 Å². The molecule has 4 N–H and O–H groups in total. The molecule has 2 aliphatic heterocycles. The van der Waals surface area contributed by atoms with Gasteiger partial charge >= 0.3 is 282 Å². The quantitative estimate of drug-likeness (QED) is 0.105. The van der Waals surface area contributed by atoms with Crippen LogP contribution in [0.2, 0.25) is 0 Å². The van der Waals surface area contributed by atoms with Crippen molar-refractivity contribution in [2.24, 2.45) is 11.8 Å². The number of ketones is 1. The average molecular weight is 908 g/mol. The number of nitrogens with zero attached hydrogens (tertiary/aromatic N) is 2. The number of hydrogen-bond acceptors (Lipinski definition) is 9. The number of amides is 6. The Morgan fingerprint density at radius 2 is 1.61 bits per heavy atom. The second-order valence-corrected chi connectivity index (χ2v) is 20.6. The van der Waals surface area contributed by atoms with Gasteiger partial charge in [-0.3, -0.25) is 4.79 Å². The number of nitrogens with one attached hydrogen (secondary N) is 4. The fourth-order valence-corrected chi connectivity index (χ4v) is 11.6. The standard InChI is InChI=1S/C41H60IN6O9/c1-40(2,3)57-39(55)46-32(26-16-12-9-13-17-26)38(54)48-22-28-30(42-23-41(4,5)56-28)33(48)35(51)44-27(20-24-18-19-24)34(50)36(52)43-21-29(49)45-31(37(53)47(6)7)25-14-10-8-11-15-25/h8,10-11,14-15,24,26-28,30-33H,9,12-13,16-23H2,1-7H3,(H,43,52)(H,44,51)(H,45,49)(H,46,55)/q-1/t27?,28?,30?,31-,32-,33-/m0/s1. The van der Waals surface area contributed by atoms with Crippen LogP contribution in [-0.2, 0) is 38.2 Å². The molecule has 316 valence electrons. The predicted molar refractivity (Wildman–Crippen MR) is 206 cm³/mol. The first-order valence-electron chi connectivity index (χ1n) is 20.1. The molecule has 4 aliphatic rings. The molecule has 16 heteroatoms. The van der Waals surface area contributed by atoms with Crippen LogP contribution in [-0.4, -0.2) is 122 Å². The third-order valence-electron chi connectivity index (χ3n) is 10.7. The summed E-state index contributed by atoms with van der Waals surface area (Å²) in [6.07, 6.45) is 5.15. The van der Waals surface area contributed by atoms with Gasteiger partial charge in [0.2, 0.25) is 5.91 Å². The van der Waals surface area contributed by atoms with E-state index in [2.05, 4.69) is 21.3 Å². The zero-order valence-corrected chi connectivity index (χ0v) is 36.4. The molecule has 3 unspecified atom stereocenters. The maximum Gasteiger partial charge on any atom is -0.0162 e. The molecular weight excluding hydrogens is 847 g/mol. The fraction of sp³-hybridized carbons (Fsp3) is 0.683. The average Bonchev–Trinajstić information content (AvgIpc) is 3.90. The van der Waals surface area contributed by atoms with E-state index in [4.69, 9.17) is 9.47 Å². The van der Waals surface area contributed by atoms with Crippen molar-refractivity contribution in [1.82, 2.24) is 31.1 Å². The molecule has 57 heavy (non-hydrogen) atoms. The summed E-state index contributed by atoms with van der Waals surface area (Å²) in [5.74, 6) is -3.94. The van der Waals surface area contributed by atoms with Gasteiger partial charge in [0.05, 0.1) is 0 Å². The number of hydrogen-bond donors (Lipinski definition) is 4. The Labute approximate surface area is 346 Å². The first-order chi connectivity index (χ1) is 26.8. The van der Waals surface area contributed by atoms with Crippen LogP contribution in [0.1, 0.15) is 97.6 Å². The van der Waals surface area contributed by atoms with Crippen molar-refractivity contribution in [2.75, 3.05) is 31.6 Å². The Kier molecular flexibility index (Phi) is 14.7. The summed E-state index contributed by atoms with van der Waals surface area (Å²) in [6, 6.07) is 4.60. The number of likely N-dealkylation sites (N-methyl/N-ethyl adjacent to an activating group) is 1. The topological polar surface area (TPSA) is 193 Å². The summed E-state index contributed by atoms with van der Waals surface area (Å²) in [4.78, 5) is 98.3. The largest absolute Gasteiger partial charge is 0.0622 e. The first-order valence-corrected chi connectivity index (χ1v) is 22.8. The van der Waals surface area contributed by atoms with Crippen molar-refractivity contribution in [3.63, 3.8) is 0 Å². The third kappa shape index (κ3) is 12.1. The molecule has 2 saturated heterocycles. The summed E-state index contributed by atoms with van der Waals surface area (Å²) in [5.41, 5.74) is -0.656. The molecule has 0 aromatic heterocycles. The van der Waals surface area contributed by atoms with Gasteiger partial charge in [-0.2, -0.15) is 0 Å². The zero-order valence-electron chi connectivity index (χ0n) is 34.2. The summed E-state index contributed by atoms with van der Waals surface area (Å²) in [5, 5.41) is 10.8. The van der Waals surface area contributed by atoms with Crippen LogP contribution < -0.4 is 42.5 Å². The molecule has 2 aliphatic carbocycles. The molecular formula is C41H60IN6O9-. The number of halogens is 1. The fourth-order valence-electron chi connectivity index (χ4n) is 7.75. The number of fused-ring (bicyclic) bond motifs is 1. The van der Waals surface area contributed by atoms with E-state index in [0.717, 1.165) is 49.4 Å². The maximum atomic E-state index is 14.7. The van der Waals surface area contributed by atoms with Crippen molar-refractivity contribution in [2.45, 2.75) is 131 Å².